The summed E-state index contributed by atoms with van der Waals surface area (Å²) in [7, 11) is 0. The van der Waals surface area contributed by atoms with Crippen molar-refractivity contribution in [1.82, 2.24) is 25.5 Å². The average Bonchev–Trinajstić information content (AvgIpc) is 3.10. The van der Waals surface area contributed by atoms with E-state index in [1.807, 2.05) is 0 Å². The fraction of sp³-hybridized carbons (Fsp3) is 0.353. The van der Waals surface area contributed by atoms with Crippen molar-refractivity contribution in [3.8, 4) is 0 Å². The van der Waals surface area contributed by atoms with Crippen LogP contribution in [0.4, 0.5) is 0 Å². The molecule has 3 aromatic rings. The van der Waals surface area contributed by atoms with E-state index in [2.05, 4.69) is 63.2 Å². The van der Waals surface area contributed by atoms with Gasteiger partial charge < -0.3 is 5.32 Å². The third kappa shape index (κ3) is 2.48. The Bertz CT molecular complexity index is 747. The normalized spacial score (nSPS) is 20.1. The smallest absolute Gasteiger partial charge is 0.162 e. The van der Waals surface area contributed by atoms with Crippen LogP contribution in [0.2, 0.25) is 0 Å². The van der Waals surface area contributed by atoms with Crippen molar-refractivity contribution < 1.29 is 0 Å². The number of fused-ring (bicyclic) bond motifs is 1. The lowest BCUT2D eigenvalue weighted by molar-refractivity contribution is 0.261. The van der Waals surface area contributed by atoms with Crippen LogP contribution in [0.1, 0.15) is 24.4 Å². The third-order valence-corrected chi connectivity index (χ3v) is 4.51. The molecule has 1 fully saturated rings. The Kier molecular flexibility index (Phi) is 3.56. The van der Waals surface area contributed by atoms with Crippen molar-refractivity contribution in [2.75, 3.05) is 13.1 Å². The lowest BCUT2D eigenvalue weighted by Crippen LogP contribution is -2.36. The molecule has 0 radical (unpaired) electrons. The number of benzene rings is 2. The molecule has 22 heavy (non-hydrogen) atoms. The van der Waals surface area contributed by atoms with Gasteiger partial charge in [0, 0.05) is 6.54 Å². The molecule has 2 heterocycles. The lowest BCUT2D eigenvalue weighted by Gasteiger charge is -2.30. The molecule has 0 bridgehead atoms. The van der Waals surface area contributed by atoms with Gasteiger partial charge in [0.05, 0.1) is 0 Å². The van der Waals surface area contributed by atoms with Gasteiger partial charge in [-0.2, -0.15) is 4.80 Å². The van der Waals surface area contributed by atoms with Crippen LogP contribution in [0.15, 0.2) is 48.8 Å². The van der Waals surface area contributed by atoms with Crippen molar-refractivity contribution in [1.29, 1.82) is 0 Å². The predicted molar refractivity (Wildman–Crippen MR) is 85.5 cm³/mol. The highest BCUT2D eigenvalue weighted by Gasteiger charge is 2.28. The Morgan fingerprint density at radius 2 is 2.05 bits per heavy atom. The van der Waals surface area contributed by atoms with Crippen molar-refractivity contribution in [2.45, 2.75) is 18.9 Å². The quantitative estimate of drug-likeness (QED) is 0.806. The van der Waals surface area contributed by atoms with E-state index < -0.39 is 0 Å². The molecule has 0 unspecified atom stereocenters. The minimum absolute atomic E-state index is 0.139. The molecule has 5 heteroatoms. The van der Waals surface area contributed by atoms with Gasteiger partial charge in [0.15, 0.2) is 6.33 Å². The largest absolute Gasteiger partial charge is 0.316 e. The van der Waals surface area contributed by atoms with Gasteiger partial charge in [-0.05, 0) is 52.9 Å². The standard InChI is InChI=1S/C17H19N5/c1-2-5-14-10-15(8-7-13(14)4-1)17(22-20-12-19-21-22)16-6-3-9-18-11-16/h1-2,4-5,7-8,10,12,16-18H,3,6,9,11H2/t16-,17+/m0/s1. The lowest BCUT2D eigenvalue weighted by atomic mass is 9.87. The maximum absolute atomic E-state index is 4.31. The van der Waals surface area contributed by atoms with Gasteiger partial charge in [-0.1, -0.05) is 36.4 Å². The molecule has 2 atom stereocenters. The van der Waals surface area contributed by atoms with E-state index in [1.165, 1.54) is 35.5 Å². The first-order chi connectivity index (χ1) is 10.9. The van der Waals surface area contributed by atoms with Crippen LogP contribution < -0.4 is 5.32 Å². The van der Waals surface area contributed by atoms with Crippen LogP contribution in [0.25, 0.3) is 10.8 Å². The van der Waals surface area contributed by atoms with Crippen LogP contribution in [-0.2, 0) is 0 Å². The molecule has 112 valence electrons. The Morgan fingerprint density at radius 1 is 1.14 bits per heavy atom. The van der Waals surface area contributed by atoms with Gasteiger partial charge in [-0.3, -0.25) is 0 Å². The topological polar surface area (TPSA) is 55.6 Å². The number of nitrogens with zero attached hydrogens (tertiary/aromatic N) is 4. The molecule has 5 nitrogen and oxygen atoms in total. The van der Waals surface area contributed by atoms with Crippen LogP contribution in [0.5, 0.6) is 0 Å². The number of aromatic nitrogens is 4. The molecule has 2 aromatic carbocycles. The summed E-state index contributed by atoms with van der Waals surface area (Å²) in [5, 5.41) is 18.4. The zero-order chi connectivity index (χ0) is 14.8. The average molecular weight is 293 g/mol. The van der Waals surface area contributed by atoms with E-state index in [1.54, 1.807) is 4.80 Å². The summed E-state index contributed by atoms with van der Waals surface area (Å²) < 4.78 is 0. The summed E-state index contributed by atoms with van der Waals surface area (Å²) >= 11 is 0. The van der Waals surface area contributed by atoms with Crippen LogP contribution in [-0.4, -0.2) is 33.3 Å². The molecule has 1 aliphatic rings. The van der Waals surface area contributed by atoms with Crippen molar-refractivity contribution in [3.63, 3.8) is 0 Å². The third-order valence-electron chi connectivity index (χ3n) is 4.51. The second-order valence-electron chi connectivity index (χ2n) is 5.91. The Labute approximate surface area is 129 Å². The molecule has 1 aliphatic heterocycles. The maximum atomic E-state index is 4.31. The summed E-state index contributed by atoms with van der Waals surface area (Å²) in [5.41, 5.74) is 1.26. The highest BCUT2D eigenvalue weighted by atomic mass is 15.6. The molecular weight excluding hydrogens is 274 g/mol. The monoisotopic (exact) mass is 293 g/mol. The van der Waals surface area contributed by atoms with E-state index in [0.29, 0.717) is 5.92 Å². The fourth-order valence-electron chi connectivity index (χ4n) is 3.44. The minimum atomic E-state index is 0.139. The summed E-state index contributed by atoms with van der Waals surface area (Å²) in [6.45, 7) is 2.10. The zero-order valence-corrected chi connectivity index (χ0v) is 12.4. The van der Waals surface area contributed by atoms with Gasteiger partial charge in [0.1, 0.15) is 6.04 Å². The summed E-state index contributed by atoms with van der Waals surface area (Å²) in [6.07, 6.45) is 3.90. The number of hydrogen-bond acceptors (Lipinski definition) is 4. The maximum Gasteiger partial charge on any atom is 0.162 e. The molecule has 1 saturated heterocycles. The molecule has 1 N–H and O–H groups in total. The van der Waals surface area contributed by atoms with E-state index in [-0.39, 0.29) is 6.04 Å². The summed E-state index contributed by atoms with van der Waals surface area (Å²) in [4.78, 5) is 1.77. The number of nitrogens with one attached hydrogen (secondary N) is 1. The first-order valence-corrected chi connectivity index (χ1v) is 7.84. The van der Waals surface area contributed by atoms with Gasteiger partial charge >= 0.3 is 0 Å². The second kappa shape index (κ2) is 5.85. The number of tetrazole rings is 1. The van der Waals surface area contributed by atoms with Crippen molar-refractivity contribution >= 4 is 10.8 Å². The first kappa shape index (κ1) is 13.4. The number of hydrogen-bond donors (Lipinski definition) is 1. The predicted octanol–water partition coefficient (Wildman–Crippen LogP) is 2.42. The highest BCUT2D eigenvalue weighted by molar-refractivity contribution is 5.83. The Hall–Kier alpha value is -2.27. The molecule has 0 saturated carbocycles. The molecule has 1 aromatic heterocycles. The SMILES string of the molecule is c1ccc2cc([C@H]([C@H]3CCCNC3)n3ncnn3)ccc2c1. The van der Waals surface area contributed by atoms with Gasteiger partial charge in [0.2, 0.25) is 0 Å². The fourth-order valence-corrected chi connectivity index (χ4v) is 3.44. The van der Waals surface area contributed by atoms with Gasteiger partial charge in [0.25, 0.3) is 0 Å². The molecule has 0 spiro atoms. The number of piperidine rings is 1. The summed E-state index contributed by atoms with van der Waals surface area (Å²) in [5.74, 6) is 0.490. The van der Waals surface area contributed by atoms with Crippen molar-refractivity contribution in [2.24, 2.45) is 5.92 Å². The second-order valence-corrected chi connectivity index (χ2v) is 5.91. The number of rotatable bonds is 3. The Morgan fingerprint density at radius 3 is 2.82 bits per heavy atom. The van der Waals surface area contributed by atoms with Gasteiger partial charge in [-0.15, -0.1) is 10.2 Å². The minimum Gasteiger partial charge on any atom is -0.316 e. The molecular formula is C17H19N5. The van der Waals surface area contributed by atoms with E-state index in [4.69, 9.17) is 0 Å². The molecule has 4 rings (SSSR count). The zero-order valence-electron chi connectivity index (χ0n) is 12.4. The van der Waals surface area contributed by atoms with Crippen molar-refractivity contribution in [3.05, 3.63) is 54.4 Å². The summed E-state index contributed by atoms with van der Waals surface area (Å²) in [6, 6.07) is 15.2. The van der Waals surface area contributed by atoms with Crippen LogP contribution in [0.3, 0.4) is 0 Å². The molecule has 0 amide bonds. The van der Waals surface area contributed by atoms with E-state index >= 15 is 0 Å². The molecule has 0 aliphatic carbocycles. The van der Waals surface area contributed by atoms with Crippen LogP contribution in [0, 0.1) is 5.92 Å². The van der Waals surface area contributed by atoms with Crippen LogP contribution >= 0.6 is 0 Å². The van der Waals surface area contributed by atoms with E-state index in [9.17, 15) is 0 Å². The Balaban J connectivity index is 1.78. The van der Waals surface area contributed by atoms with Gasteiger partial charge in [-0.25, -0.2) is 0 Å². The highest BCUT2D eigenvalue weighted by Crippen LogP contribution is 2.31. The first-order valence-electron chi connectivity index (χ1n) is 7.84. The van der Waals surface area contributed by atoms with E-state index in [0.717, 1.165) is 13.1 Å².